The molecule has 1 fully saturated rings. The zero-order valence-corrected chi connectivity index (χ0v) is 14.3. The van der Waals surface area contributed by atoms with Crippen LogP contribution in [0.1, 0.15) is 50.3 Å². The molecule has 0 spiro atoms. The van der Waals surface area contributed by atoms with Crippen molar-refractivity contribution in [2.75, 3.05) is 6.54 Å². The van der Waals surface area contributed by atoms with Crippen molar-refractivity contribution in [3.05, 3.63) is 33.8 Å². The molecule has 0 radical (unpaired) electrons. The summed E-state index contributed by atoms with van der Waals surface area (Å²) in [6.45, 7) is 7.32. The third-order valence-electron chi connectivity index (χ3n) is 4.32. The second kappa shape index (κ2) is 7.03. The molecule has 1 aromatic carbocycles. The molecule has 3 N–H and O–H groups in total. The van der Waals surface area contributed by atoms with Gasteiger partial charge in [0.2, 0.25) is 0 Å². The van der Waals surface area contributed by atoms with E-state index < -0.39 is 0 Å². The number of aryl methyl sites for hydroxylation is 1. The highest BCUT2D eigenvalue weighted by Gasteiger charge is 2.26. The lowest BCUT2D eigenvalue weighted by molar-refractivity contribution is 0.0304. The van der Waals surface area contributed by atoms with E-state index >= 15 is 0 Å². The van der Waals surface area contributed by atoms with Crippen LogP contribution in [0.3, 0.4) is 0 Å². The van der Waals surface area contributed by atoms with Crippen LogP contribution in [0, 0.1) is 6.92 Å². The summed E-state index contributed by atoms with van der Waals surface area (Å²) in [5.74, 6) is 0. The molecule has 0 aliphatic carbocycles. The SMILES string of the molecule is Cc1cc(C(CN)NN2C(C)CCCC2C)ccc1Br. The van der Waals surface area contributed by atoms with Crippen LogP contribution in [-0.4, -0.2) is 23.6 Å². The highest BCUT2D eigenvalue weighted by Crippen LogP contribution is 2.25. The lowest BCUT2D eigenvalue weighted by Gasteiger charge is -2.41. The van der Waals surface area contributed by atoms with Gasteiger partial charge in [-0.1, -0.05) is 34.5 Å². The van der Waals surface area contributed by atoms with Crippen molar-refractivity contribution in [3.63, 3.8) is 0 Å². The van der Waals surface area contributed by atoms with Crippen molar-refractivity contribution in [2.24, 2.45) is 5.73 Å². The smallest absolute Gasteiger partial charge is 0.0587 e. The Labute approximate surface area is 131 Å². The molecule has 0 amide bonds. The van der Waals surface area contributed by atoms with Crippen LogP contribution in [0.25, 0.3) is 0 Å². The van der Waals surface area contributed by atoms with Crippen LogP contribution in [-0.2, 0) is 0 Å². The van der Waals surface area contributed by atoms with Gasteiger partial charge in [-0.3, -0.25) is 0 Å². The Morgan fingerprint density at radius 3 is 2.55 bits per heavy atom. The average Bonchev–Trinajstić information content (AvgIpc) is 2.42. The topological polar surface area (TPSA) is 41.3 Å². The Balaban J connectivity index is 2.13. The summed E-state index contributed by atoms with van der Waals surface area (Å²) in [5, 5.41) is 2.40. The van der Waals surface area contributed by atoms with Crippen LogP contribution in [0.15, 0.2) is 22.7 Å². The maximum absolute atomic E-state index is 6.00. The lowest BCUT2D eigenvalue weighted by atomic mass is 9.99. The van der Waals surface area contributed by atoms with Crippen molar-refractivity contribution in [1.82, 2.24) is 10.4 Å². The number of nitrogens with two attached hydrogens (primary N) is 1. The summed E-state index contributed by atoms with van der Waals surface area (Å²) in [7, 11) is 0. The fourth-order valence-electron chi connectivity index (χ4n) is 3.00. The molecule has 3 atom stereocenters. The monoisotopic (exact) mass is 339 g/mol. The number of hydrogen-bond donors (Lipinski definition) is 2. The zero-order chi connectivity index (χ0) is 14.7. The normalized spacial score (nSPS) is 25.6. The minimum Gasteiger partial charge on any atom is -0.329 e. The van der Waals surface area contributed by atoms with E-state index in [-0.39, 0.29) is 6.04 Å². The molecule has 2 rings (SSSR count). The fraction of sp³-hybridized carbons (Fsp3) is 0.625. The Hall–Kier alpha value is -0.420. The van der Waals surface area contributed by atoms with E-state index in [9.17, 15) is 0 Å². The molecule has 20 heavy (non-hydrogen) atoms. The molecule has 1 heterocycles. The van der Waals surface area contributed by atoms with E-state index in [1.165, 1.54) is 30.4 Å². The average molecular weight is 340 g/mol. The maximum atomic E-state index is 6.00. The van der Waals surface area contributed by atoms with Gasteiger partial charge in [-0.2, -0.15) is 0 Å². The number of halogens is 1. The number of hydrazine groups is 1. The van der Waals surface area contributed by atoms with Gasteiger partial charge >= 0.3 is 0 Å². The van der Waals surface area contributed by atoms with Crippen molar-refractivity contribution >= 4 is 15.9 Å². The Morgan fingerprint density at radius 1 is 1.35 bits per heavy atom. The molecule has 0 aromatic heterocycles. The first-order valence-electron chi connectivity index (χ1n) is 7.53. The van der Waals surface area contributed by atoms with Crippen LogP contribution in [0.5, 0.6) is 0 Å². The fourth-order valence-corrected chi connectivity index (χ4v) is 3.25. The maximum Gasteiger partial charge on any atom is 0.0587 e. The second-order valence-electron chi connectivity index (χ2n) is 5.96. The molecule has 0 bridgehead atoms. The van der Waals surface area contributed by atoms with Crippen molar-refractivity contribution in [2.45, 2.75) is 58.2 Å². The standard InChI is InChI=1S/C16H26BrN3/c1-11-9-14(7-8-15(11)17)16(10-18)19-20-12(2)5-4-6-13(20)3/h7-9,12-13,16,19H,4-6,10,18H2,1-3H3. The first-order valence-corrected chi connectivity index (χ1v) is 8.33. The molecule has 4 heteroatoms. The number of piperidine rings is 1. The predicted octanol–water partition coefficient (Wildman–Crippen LogP) is 3.52. The predicted molar refractivity (Wildman–Crippen MR) is 88.4 cm³/mol. The summed E-state index contributed by atoms with van der Waals surface area (Å²) in [6.07, 6.45) is 3.84. The summed E-state index contributed by atoms with van der Waals surface area (Å²) in [5.41, 5.74) is 12.2. The van der Waals surface area contributed by atoms with E-state index in [0.717, 1.165) is 4.47 Å². The molecule has 1 aliphatic rings. The van der Waals surface area contributed by atoms with Gasteiger partial charge in [-0.05, 0) is 50.8 Å². The number of benzene rings is 1. The van der Waals surface area contributed by atoms with Crippen molar-refractivity contribution in [1.29, 1.82) is 0 Å². The highest BCUT2D eigenvalue weighted by atomic mass is 79.9. The van der Waals surface area contributed by atoms with Crippen LogP contribution < -0.4 is 11.2 Å². The van der Waals surface area contributed by atoms with E-state index in [4.69, 9.17) is 5.73 Å². The molecule has 1 aromatic rings. The number of nitrogens with one attached hydrogen (secondary N) is 1. The van der Waals surface area contributed by atoms with Crippen molar-refractivity contribution in [3.8, 4) is 0 Å². The minimum atomic E-state index is 0.185. The molecule has 3 nitrogen and oxygen atoms in total. The highest BCUT2D eigenvalue weighted by molar-refractivity contribution is 9.10. The number of rotatable bonds is 4. The quantitative estimate of drug-likeness (QED) is 0.881. The largest absolute Gasteiger partial charge is 0.329 e. The van der Waals surface area contributed by atoms with Gasteiger partial charge in [0.15, 0.2) is 0 Å². The Morgan fingerprint density at radius 2 is 2.00 bits per heavy atom. The van der Waals surface area contributed by atoms with E-state index in [1.807, 2.05) is 0 Å². The number of hydrogen-bond acceptors (Lipinski definition) is 3. The van der Waals surface area contributed by atoms with Crippen LogP contribution >= 0.6 is 15.9 Å². The summed E-state index contributed by atoms with van der Waals surface area (Å²) in [4.78, 5) is 0. The number of nitrogens with zero attached hydrogens (tertiary/aromatic N) is 1. The second-order valence-corrected chi connectivity index (χ2v) is 6.82. The molecule has 0 saturated carbocycles. The molecule has 3 unspecified atom stereocenters. The first-order chi connectivity index (χ1) is 9.52. The molecule has 1 aliphatic heterocycles. The Bertz CT molecular complexity index is 439. The molecule has 1 saturated heterocycles. The lowest BCUT2D eigenvalue weighted by Crippen LogP contribution is -2.54. The van der Waals surface area contributed by atoms with E-state index in [2.05, 4.69) is 65.3 Å². The van der Waals surface area contributed by atoms with Crippen LogP contribution in [0.2, 0.25) is 0 Å². The van der Waals surface area contributed by atoms with E-state index in [0.29, 0.717) is 18.6 Å². The summed E-state index contributed by atoms with van der Waals surface area (Å²) < 4.78 is 1.15. The van der Waals surface area contributed by atoms with Gasteiger partial charge in [-0.15, -0.1) is 0 Å². The summed E-state index contributed by atoms with van der Waals surface area (Å²) in [6, 6.07) is 7.81. The molecular weight excluding hydrogens is 314 g/mol. The Kier molecular flexibility index (Phi) is 5.61. The zero-order valence-electron chi connectivity index (χ0n) is 12.7. The third kappa shape index (κ3) is 3.61. The minimum absolute atomic E-state index is 0.185. The molecule has 112 valence electrons. The third-order valence-corrected chi connectivity index (χ3v) is 5.21. The van der Waals surface area contributed by atoms with Gasteiger partial charge in [0.25, 0.3) is 0 Å². The van der Waals surface area contributed by atoms with Gasteiger partial charge in [0.1, 0.15) is 0 Å². The van der Waals surface area contributed by atoms with Crippen LogP contribution in [0.4, 0.5) is 0 Å². The van der Waals surface area contributed by atoms with E-state index in [1.54, 1.807) is 0 Å². The summed E-state index contributed by atoms with van der Waals surface area (Å²) >= 11 is 3.56. The van der Waals surface area contributed by atoms with Gasteiger partial charge < -0.3 is 5.73 Å². The van der Waals surface area contributed by atoms with Gasteiger partial charge in [0.05, 0.1) is 6.04 Å². The van der Waals surface area contributed by atoms with Gasteiger partial charge in [-0.25, -0.2) is 10.4 Å². The molecular formula is C16H26BrN3. The van der Waals surface area contributed by atoms with Crippen molar-refractivity contribution < 1.29 is 0 Å². The first kappa shape index (κ1) is 16.0. The van der Waals surface area contributed by atoms with Gasteiger partial charge in [0, 0.05) is 23.1 Å².